The Morgan fingerprint density at radius 2 is 2.21 bits per heavy atom. The molecule has 2 amide bonds. The van der Waals surface area contributed by atoms with E-state index in [0.29, 0.717) is 4.29 Å². The second kappa shape index (κ2) is 6.68. The summed E-state index contributed by atoms with van der Waals surface area (Å²) in [5.74, 6) is -0.663. The molecular formula is C12H21BIN2O2P. The first-order valence-corrected chi connectivity index (χ1v) is 8.21. The smallest absolute Gasteiger partial charge is 0.245 e. The molecular weight excluding hydrogens is 373 g/mol. The minimum atomic E-state index is -0.330. The van der Waals surface area contributed by atoms with Gasteiger partial charge < -0.3 is 5.73 Å². The number of likely N-dealkylation sites (tertiary alicyclic amines) is 1. The average molecular weight is 394 g/mol. The number of halogens is 1. The number of amides is 2. The van der Waals surface area contributed by atoms with E-state index in [4.69, 9.17) is 5.73 Å². The van der Waals surface area contributed by atoms with E-state index in [2.05, 4.69) is 45.3 Å². The second-order valence-electron chi connectivity index (χ2n) is 5.73. The van der Waals surface area contributed by atoms with Crippen molar-refractivity contribution < 1.29 is 9.59 Å². The zero-order valence-electron chi connectivity index (χ0n) is 11.6. The number of hydrogen-bond donors (Lipinski definition) is 1. The van der Waals surface area contributed by atoms with Crippen molar-refractivity contribution in [2.24, 2.45) is 11.7 Å². The van der Waals surface area contributed by atoms with Crippen LogP contribution in [0.3, 0.4) is 0 Å². The zero-order chi connectivity index (χ0) is 14.8. The number of imide groups is 1. The molecule has 4 nitrogen and oxygen atoms in total. The quantitative estimate of drug-likeness (QED) is 0.256. The van der Waals surface area contributed by atoms with E-state index >= 15 is 0 Å². The van der Waals surface area contributed by atoms with Crippen molar-refractivity contribution in [1.82, 2.24) is 4.90 Å². The molecule has 1 saturated heterocycles. The van der Waals surface area contributed by atoms with Gasteiger partial charge in [-0.3, -0.25) is 14.5 Å². The molecule has 2 atom stereocenters. The van der Waals surface area contributed by atoms with E-state index in [1.54, 1.807) is 0 Å². The summed E-state index contributed by atoms with van der Waals surface area (Å²) < 4.78 is 0.454. The number of carbonyl (C=O) groups is 2. The van der Waals surface area contributed by atoms with E-state index in [0.717, 1.165) is 16.9 Å². The molecule has 0 aliphatic carbocycles. The van der Waals surface area contributed by atoms with Crippen LogP contribution in [0.4, 0.5) is 0 Å². The number of nitrogens with two attached hydrogens (primary N) is 1. The van der Waals surface area contributed by atoms with Crippen LogP contribution < -0.4 is 5.73 Å². The summed E-state index contributed by atoms with van der Waals surface area (Å²) in [5, 5.41) is 0.144. The largest absolute Gasteiger partial charge is 0.313 e. The second-order valence-corrected chi connectivity index (χ2v) is 9.10. The topological polar surface area (TPSA) is 63.4 Å². The van der Waals surface area contributed by atoms with Gasteiger partial charge in [0.25, 0.3) is 0 Å². The lowest BCUT2D eigenvalue weighted by molar-refractivity contribution is -0.138. The fraction of sp³-hybridized carbons (Fsp3) is 0.667. The zero-order valence-corrected chi connectivity index (χ0v) is 15.0. The van der Waals surface area contributed by atoms with Gasteiger partial charge in [0.1, 0.15) is 0 Å². The van der Waals surface area contributed by atoms with Gasteiger partial charge in [0, 0.05) is 6.42 Å². The summed E-state index contributed by atoms with van der Waals surface area (Å²) in [6, 6.07) is 0. The molecule has 0 saturated carbocycles. The first-order chi connectivity index (χ1) is 8.69. The summed E-state index contributed by atoms with van der Waals surface area (Å²) in [6.07, 6.45) is 3.09. The van der Waals surface area contributed by atoms with Crippen LogP contribution >= 0.6 is 31.5 Å². The SMILES string of the molecule is C/C(=C\C1CC(=O)N(CN)C1=O)CC(C)(C)B(P)I. The molecule has 19 heavy (non-hydrogen) atoms. The van der Waals surface area contributed by atoms with Crippen molar-refractivity contribution in [2.75, 3.05) is 6.67 Å². The van der Waals surface area contributed by atoms with Gasteiger partial charge in [0.05, 0.1) is 12.6 Å². The van der Waals surface area contributed by atoms with Gasteiger partial charge >= 0.3 is 0 Å². The normalized spacial score (nSPS) is 21.3. The average Bonchev–Trinajstić information content (AvgIpc) is 2.52. The lowest BCUT2D eigenvalue weighted by Crippen LogP contribution is -2.35. The standard InChI is InChI=1S/C12H21BIN2O2P/c1-8(6-12(2,3)13(14)19)4-9-5-10(17)16(7-15)11(9)18/h4,9H,5-7,15,19H2,1-3H3/b8-4+. The van der Waals surface area contributed by atoms with Gasteiger partial charge in [-0.1, -0.05) is 25.5 Å². The highest BCUT2D eigenvalue weighted by Gasteiger charge is 2.36. The van der Waals surface area contributed by atoms with Gasteiger partial charge in [-0.05, 0) is 18.7 Å². The summed E-state index contributed by atoms with van der Waals surface area (Å²) in [7, 11) is 2.81. The van der Waals surface area contributed by atoms with Crippen molar-refractivity contribution in [3.05, 3.63) is 11.6 Å². The molecule has 106 valence electrons. The van der Waals surface area contributed by atoms with Crippen molar-refractivity contribution in [2.45, 2.75) is 38.9 Å². The molecule has 0 aromatic carbocycles. The molecule has 7 heteroatoms. The Morgan fingerprint density at radius 1 is 1.63 bits per heavy atom. The summed E-state index contributed by atoms with van der Waals surface area (Å²) in [4.78, 5) is 24.7. The maximum atomic E-state index is 12.0. The minimum absolute atomic E-state index is 0.0199. The number of nitrogens with zero attached hydrogens (tertiary/aromatic N) is 1. The maximum absolute atomic E-state index is 12.0. The van der Waals surface area contributed by atoms with Crippen LogP contribution in [0.1, 0.15) is 33.6 Å². The van der Waals surface area contributed by atoms with Gasteiger partial charge in [0.2, 0.25) is 16.1 Å². The molecule has 1 rings (SSSR count). The Labute approximate surface area is 131 Å². The van der Waals surface area contributed by atoms with Crippen LogP contribution in [0.15, 0.2) is 11.6 Å². The molecule has 2 N–H and O–H groups in total. The molecule has 0 bridgehead atoms. The Morgan fingerprint density at radius 3 is 2.63 bits per heavy atom. The van der Waals surface area contributed by atoms with Crippen molar-refractivity contribution >= 4 is 47.6 Å². The molecule has 1 aliphatic rings. The molecule has 2 unspecified atom stereocenters. The van der Waals surface area contributed by atoms with E-state index in [1.807, 2.05) is 13.0 Å². The number of carbonyl (C=O) groups excluding carboxylic acids is 2. The monoisotopic (exact) mass is 394 g/mol. The third-order valence-electron chi connectivity index (χ3n) is 3.43. The molecule has 1 aliphatic heterocycles. The molecule has 0 aromatic heterocycles. The van der Waals surface area contributed by atoms with Crippen LogP contribution in [0.25, 0.3) is 0 Å². The van der Waals surface area contributed by atoms with Crippen LogP contribution in [0.5, 0.6) is 0 Å². The van der Waals surface area contributed by atoms with Crippen molar-refractivity contribution in [3.63, 3.8) is 0 Å². The number of rotatable bonds is 5. The Hall–Kier alpha value is 0.0649. The lowest BCUT2D eigenvalue weighted by Gasteiger charge is -2.26. The number of hydrogen-bond acceptors (Lipinski definition) is 3. The van der Waals surface area contributed by atoms with Gasteiger partial charge in [-0.2, -0.15) is 9.12 Å². The first-order valence-electron chi connectivity index (χ1n) is 6.30. The molecule has 1 heterocycles. The molecule has 0 aromatic rings. The lowest BCUT2D eigenvalue weighted by atomic mass is 9.67. The Balaban J connectivity index is 2.76. The van der Waals surface area contributed by atoms with Crippen LogP contribution in [-0.4, -0.2) is 27.7 Å². The molecule has 1 fully saturated rings. The Kier molecular flexibility index (Phi) is 6.02. The number of allylic oxidation sites excluding steroid dienone is 1. The fourth-order valence-corrected chi connectivity index (χ4v) is 2.59. The van der Waals surface area contributed by atoms with E-state index in [1.165, 1.54) is 0 Å². The van der Waals surface area contributed by atoms with E-state index < -0.39 is 0 Å². The fourth-order valence-electron chi connectivity index (χ4n) is 2.25. The summed E-state index contributed by atoms with van der Waals surface area (Å²) >= 11 is 2.39. The highest BCUT2D eigenvalue weighted by molar-refractivity contribution is 14.1. The predicted octanol–water partition coefficient (Wildman–Crippen LogP) is 2.19. The van der Waals surface area contributed by atoms with E-state index in [9.17, 15) is 9.59 Å². The maximum Gasteiger partial charge on any atom is 0.245 e. The van der Waals surface area contributed by atoms with Gasteiger partial charge in [0.15, 0.2) is 0 Å². The first kappa shape index (κ1) is 17.1. The third kappa shape index (κ3) is 4.26. The van der Waals surface area contributed by atoms with Crippen molar-refractivity contribution in [3.8, 4) is 0 Å². The van der Waals surface area contributed by atoms with Crippen LogP contribution in [0, 0.1) is 5.92 Å². The minimum Gasteiger partial charge on any atom is -0.313 e. The van der Waals surface area contributed by atoms with Gasteiger partial charge in [-0.25, -0.2) is 0 Å². The summed E-state index contributed by atoms with van der Waals surface area (Å²) in [5.41, 5.74) is 6.56. The highest BCUT2D eigenvalue weighted by Crippen LogP contribution is 2.41. The van der Waals surface area contributed by atoms with Crippen molar-refractivity contribution in [1.29, 1.82) is 0 Å². The van der Waals surface area contributed by atoms with E-state index in [-0.39, 0.29) is 36.1 Å². The Bertz CT molecular complexity index is 413. The predicted molar refractivity (Wildman–Crippen MR) is 90.9 cm³/mol. The van der Waals surface area contributed by atoms with Crippen LogP contribution in [-0.2, 0) is 9.59 Å². The van der Waals surface area contributed by atoms with Crippen LogP contribution in [0.2, 0.25) is 5.31 Å². The third-order valence-corrected chi connectivity index (χ3v) is 6.02. The summed E-state index contributed by atoms with van der Waals surface area (Å²) in [6.45, 7) is 6.40. The molecule has 0 radical (unpaired) electrons. The van der Waals surface area contributed by atoms with Gasteiger partial charge in [-0.15, -0.1) is 22.4 Å². The molecule has 0 spiro atoms. The highest BCUT2D eigenvalue weighted by atomic mass is 127.